The summed E-state index contributed by atoms with van der Waals surface area (Å²) in [5.41, 5.74) is 1.99. The first-order chi connectivity index (χ1) is 7.79. The monoisotopic (exact) mass is 217 g/mol. The van der Waals surface area contributed by atoms with Crippen LogP contribution in [0.2, 0.25) is 0 Å². The lowest BCUT2D eigenvalue weighted by molar-refractivity contribution is 0.0983. The smallest absolute Gasteiger partial charge is 0.163 e. The second-order valence-corrected chi connectivity index (χ2v) is 3.76. The van der Waals surface area contributed by atoms with Crippen molar-refractivity contribution in [3.8, 4) is 0 Å². The van der Waals surface area contributed by atoms with Crippen molar-refractivity contribution in [1.82, 2.24) is 5.32 Å². The van der Waals surface area contributed by atoms with E-state index in [1.807, 2.05) is 31.3 Å². The quantitative estimate of drug-likeness (QED) is 0.562. The summed E-state index contributed by atoms with van der Waals surface area (Å²) in [6, 6.07) is 7.84. The molecule has 0 aliphatic heterocycles. The Kier molecular flexibility index (Phi) is 5.51. The minimum Gasteiger partial charge on any atom is -0.319 e. The third-order valence-corrected chi connectivity index (χ3v) is 2.54. The Bertz CT molecular complexity index is 358. The highest BCUT2D eigenvalue weighted by Gasteiger charge is 2.09. The van der Waals surface area contributed by atoms with Gasteiger partial charge in [0.05, 0.1) is 0 Å². The summed E-state index contributed by atoms with van der Waals surface area (Å²) in [6.07, 6.45) is 3.99. The van der Waals surface area contributed by atoms with Gasteiger partial charge in [-0.05, 0) is 32.0 Å². The zero-order valence-electron chi connectivity index (χ0n) is 9.83. The van der Waals surface area contributed by atoms with Crippen LogP contribution in [-0.4, -0.2) is 19.4 Å². The number of likely N-dealkylation sites (N-methyl/N-ethyl adjacent to an activating group) is 1. The van der Waals surface area contributed by atoms with Crippen LogP contribution in [0.1, 0.15) is 28.8 Å². The number of hydrogen-bond donors (Lipinski definition) is 1. The van der Waals surface area contributed by atoms with Gasteiger partial charge in [-0.25, -0.2) is 0 Å². The maximum atomic E-state index is 11.9. The molecule has 2 nitrogen and oxygen atoms in total. The molecule has 0 aliphatic rings. The predicted molar refractivity (Wildman–Crippen MR) is 67.8 cm³/mol. The van der Waals surface area contributed by atoms with Crippen LogP contribution >= 0.6 is 0 Å². The van der Waals surface area contributed by atoms with Gasteiger partial charge in [-0.2, -0.15) is 0 Å². The van der Waals surface area contributed by atoms with E-state index in [-0.39, 0.29) is 5.78 Å². The maximum absolute atomic E-state index is 11.9. The molecular weight excluding hydrogens is 198 g/mol. The highest BCUT2D eigenvalue weighted by molar-refractivity contribution is 5.97. The van der Waals surface area contributed by atoms with E-state index in [0.717, 1.165) is 30.5 Å². The lowest BCUT2D eigenvalue weighted by atomic mass is 9.98. The largest absolute Gasteiger partial charge is 0.319 e. The van der Waals surface area contributed by atoms with Gasteiger partial charge in [0.15, 0.2) is 5.78 Å². The Morgan fingerprint density at radius 2 is 2.19 bits per heavy atom. The van der Waals surface area contributed by atoms with Crippen LogP contribution in [0, 0.1) is 0 Å². The molecule has 86 valence electrons. The number of rotatable bonds is 7. The van der Waals surface area contributed by atoms with Crippen molar-refractivity contribution in [2.24, 2.45) is 0 Å². The van der Waals surface area contributed by atoms with Gasteiger partial charge in [-0.1, -0.05) is 30.3 Å². The van der Waals surface area contributed by atoms with Crippen LogP contribution < -0.4 is 5.32 Å². The van der Waals surface area contributed by atoms with E-state index in [2.05, 4.69) is 11.9 Å². The topological polar surface area (TPSA) is 29.1 Å². The molecule has 16 heavy (non-hydrogen) atoms. The predicted octanol–water partition coefficient (Wildman–Crippen LogP) is 2.60. The van der Waals surface area contributed by atoms with Gasteiger partial charge in [-0.15, -0.1) is 6.58 Å². The molecule has 0 unspecified atom stereocenters. The van der Waals surface area contributed by atoms with Gasteiger partial charge in [0.25, 0.3) is 0 Å². The van der Waals surface area contributed by atoms with Gasteiger partial charge in [0, 0.05) is 12.0 Å². The van der Waals surface area contributed by atoms with E-state index in [1.165, 1.54) is 0 Å². The van der Waals surface area contributed by atoms with Crippen molar-refractivity contribution < 1.29 is 4.79 Å². The summed E-state index contributed by atoms with van der Waals surface area (Å²) in [7, 11) is 1.92. The number of benzene rings is 1. The van der Waals surface area contributed by atoms with Gasteiger partial charge >= 0.3 is 0 Å². The maximum Gasteiger partial charge on any atom is 0.163 e. The fourth-order valence-electron chi connectivity index (χ4n) is 1.64. The first-order valence-electron chi connectivity index (χ1n) is 5.66. The third kappa shape index (κ3) is 3.63. The lowest BCUT2D eigenvalue weighted by Crippen LogP contribution is -2.13. The number of nitrogens with one attached hydrogen (secondary N) is 1. The van der Waals surface area contributed by atoms with E-state index in [9.17, 15) is 4.79 Å². The minimum atomic E-state index is 0.214. The fraction of sp³-hybridized carbons (Fsp3) is 0.357. The molecule has 0 radical (unpaired) electrons. The minimum absolute atomic E-state index is 0.214. The number of Topliss-reactive ketones (excluding diaryl/α,β-unsaturated/α-hetero) is 1. The molecule has 0 amide bonds. The van der Waals surface area contributed by atoms with Crippen molar-refractivity contribution in [3.05, 3.63) is 48.0 Å². The SMILES string of the molecule is C=CCCC(=O)c1ccccc1CCNC. The summed E-state index contributed by atoms with van der Waals surface area (Å²) >= 11 is 0. The molecule has 0 aromatic heterocycles. The molecule has 1 rings (SSSR count). The first kappa shape index (κ1) is 12.7. The molecule has 0 saturated carbocycles. The molecule has 0 aliphatic carbocycles. The first-order valence-corrected chi connectivity index (χ1v) is 5.66. The molecule has 0 spiro atoms. The number of ketones is 1. The zero-order chi connectivity index (χ0) is 11.8. The van der Waals surface area contributed by atoms with Gasteiger partial charge in [0.2, 0.25) is 0 Å². The second kappa shape index (κ2) is 6.96. The van der Waals surface area contributed by atoms with Crippen LogP contribution in [0.3, 0.4) is 0 Å². The van der Waals surface area contributed by atoms with Crippen LogP contribution in [0.15, 0.2) is 36.9 Å². The summed E-state index contributed by atoms with van der Waals surface area (Å²) in [6.45, 7) is 4.53. The Hall–Kier alpha value is -1.41. The molecule has 1 aromatic carbocycles. The Morgan fingerprint density at radius 3 is 2.88 bits per heavy atom. The molecule has 0 atom stereocenters. The van der Waals surface area contributed by atoms with Crippen LogP contribution in [0.5, 0.6) is 0 Å². The molecule has 0 bridgehead atoms. The van der Waals surface area contributed by atoms with Crippen molar-refractivity contribution in [1.29, 1.82) is 0 Å². The van der Waals surface area contributed by atoms with Crippen molar-refractivity contribution in [2.45, 2.75) is 19.3 Å². The second-order valence-electron chi connectivity index (χ2n) is 3.76. The summed E-state index contributed by atoms with van der Waals surface area (Å²) in [5.74, 6) is 0.214. The van der Waals surface area contributed by atoms with Gasteiger partial charge in [-0.3, -0.25) is 4.79 Å². The molecule has 2 heteroatoms. The average Bonchev–Trinajstić information content (AvgIpc) is 2.33. The number of hydrogen-bond acceptors (Lipinski definition) is 2. The van der Waals surface area contributed by atoms with Gasteiger partial charge < -0.3 is 5.32 Å². The van der Waals surface area contributed by atoms with Crippen molar-refractivity contribution >= 4 is 5.78 Å². The van der Waals surface area contributed by atoms with E-state index in [0.29, 0.717) is 6.42 Å². The summed E-state index contributed by atoms with van der Waals surface area (Å²) < 4.78 is 0. The van der Waals surface area contributed by atoms with E-state index in [1.54, 1.807) is 6.08 Å². The van der Waals surface area contributed by atoms with Crippen LogP contribution in [0.25, 0.3) is 0 Å². The van der Waals surface area contributed by atoms with Crippen molar-refractivity contribution in [3.63, 3.8) is 0 Å². The highest BCUT2D eigenvalue weighted by Crippen LogP contribution is 2.12. The molecule has 1 aromatic rings. The van der Waals surface area contributed by atoms with E-state index < -0.39 is 0 Å². The average molecular weight is 217 g/mol. The van der Waals surface area contributed by atoms with Crippen LogP contribution in [-0.2, 0) is 6.42 Å². The third-order valence-electron chi connectivity index (χ3n) is 2.54. The Labute approximate surface area is 97.4 Å². The number of allylic oxidation sites excluding steroid dienone is 1. The highest BCUT2D eigenvalue weighted by atomic mass is 16.1. The molecule has 0 saturated heterocycles. The zero-order valence-corrected chi connectivity index (χ0v) is 9.83. The fourth-order valence-corrected chi connectivity index (χ4v) is 1.64. The normalized spacial score (nSPS) is 10.1. The molecule has 0 fully saturated rings. The molecule has 1 N–H and O–H groups in total. The lowest BCUT2D eigenvalue weighted by Gasteiger charge is -2.07. The molecule has 0 heterocycles. The number of carbonyl (C=O) groups is 1. The Morgan fingerprint density at radius 1 is 1.44 bits per heavy atom. The van der Waals surface area contributed by atoms with E-state index >= 15 is 0 Å². The van der Waals surface area contributed by atoms with E-state index in [4.69, 9.17) is 0 Å². The summed E-state index contributed by atoms with van der Waals surface area (Å²) in [4.78, 5) is 11.9. The Balaban J connectivity index is 2.76. The van der Waals surface area contributed by atoms with Crippen LogP contribution in [0.4, 0.5) is 0 Å². The van der Waals surface area contributed by atoms with Gasteiger partial charge in [0.1, 0.15) is 0 Å². The number of carbonyl (C=O) groups excluding carboxylic acids is 1. The molecular formula is C14H19NO. The van der Waals surface area contributed by atoms with Crippen molar-refractivity contribution in [2.75, 3.05) is 13.6 Å². The standard InChI is InChI=1S/C14H19NO/c1-3-4-9-14(16)13-8-6-5-7-12(13)10-11-15-2/h3,5-8,15H,1,4,9-11H2,2H3. The summed E-state index contributed by atoms with van der Waals surface area (Å²) in [5, 5.41) is 3.10.